The summed E-state index contributed by atoms with van der Waals surface area (Å²) in [6.07, 6.45) is 13.3. The first-order valence-electron chi connectivity index (χ1n) is 7.76. The molecule has 0 heterocycles. The molecule has 2 rings (SSSR count). The van der Waals surface area contributed by atoms with E-state index in [9.17, 15) is 0 Å². The second kappa shape index (κ2) is 8.21. The molecule has 0 saturated carbocycles. The van der Waals surface area contributed by atoms with Crippen LogP contribution in [0.25, 0.3) is 0 Å². The van der Waals surface area contributed by atoms with Gasteiger partial charge in [0.1, 0.15) is 0 Å². The maximum absolute atomic E-state index is 6.86. The van der Waals surface area contributed by atoms with Gasteiger partial charge in [-0.2, -0.15) is 0 Å². The first kappa shape index (κ1) is 23.4. The van der Waals surface area contributed by atoms with Crippen molar-refractivity contribution < 1.29 is 49.7 Å². The van der Waals surface area contributed by atoms with E-state index < -0.39 is 8.32 Å². The number of hydrogen-bond acceptors (Lipinski definition) is 1. The molecule has 0 bridgehead atoms. The molecule has 0 radical (unpaired) electrons. The average molecular weight is 406 g/mol. The van der Waals surface area contributed by atoms with E-state index in [0.29, 0.717) is 0 Å². The largest absolute Gasteiger partial charge is 1.00 e. The molecule has 0 N–H and O–H groups in total. The molecule has 0 aromatic carbocycles. The van der Waals surface area contributed by atoms with Gasteiger partial charge in [-0.25, -0.2) is 0 Å². The number of halogens is 2. The van der Waals surface area contributed by atoms with Gasteiger partial charge >= 0.3 is 143 Å². The summed E-state index contributed by atoms with van der Waals surface area (Å²) in [7, 11) is -1.66. The molecule has 1 nitrogen and oxygen atoms in total. The predicted molar refractivity (Wildman–Crippen MR) is 89.2 cm³/mol. The normalized spacial score (nSPS) is 24.3. The summed E-state index contributed by atoms with van der Waals surface area (Å²) in [5, 5.41) is 0. The summed E-state index contributed by atoms with van der Waals surface area (Å²) in [6.45, 7) is 13.8. The minimum atomic E-state index is -1.66. The van der Waals surface area contributed by atoms with Crippen LogP contribution in [0.2, 0.25) is 19.6 Å². The van der Waals surface area contributed by atoms with Crippen molar-refractivity contribution in [1.82, 2.24) is 0 Å². The van der Waals surface area contributed by atoms with E-state index in [2.05, 4.69) is 91.2 Å². The van der Waals surface area contributed by atoms with Crippen LogP contribution in [0.5, 0.6) is 0 Å². The maximum Gasteiger partial charge on any atom is -1.00 e. The van der Waals surface area contributed by atoms with Crippen LogP contribution in [0.1, 0.15) is 33.6 Å². The zero-order chi connectivity index (χ0) is 15.9. The van der Waals surface area contributed by atoms with E-state index in [-0.39, 0.29) is 35.8 Å². The summed E-state index contributed by atoms with van der Waals surface area (Å²) in [5.74, 6) is 0. The predicted octanol–water partition coefficient (Wildman–Crippen LogP) is -0.722. The van der Waals surface area contributed by atoms with E-state index in [1.54, 1.807) is 0 Å². The van der Waals surface area contributed by atoms with Crippen LogP contribution in [0.15, 0.2) is 45.4 Å². The van der Waals surface area contributed by atoms with Crippen molar-refractivity contribution in [3.8, 4) is 0 Å². The molecule has 0 aromatic rings. The standard InChI is InChI=1S/C18H27OSi.2ClH.Ti/c1-15-11-9-10-14-18(15,19-20(4,5)6)17(2,3)16-12-7-8-13-16;;;/h7,9-12H,8,14H2,1-6H3;2*1H;/q;;;+2/p-2. The van der Waals surface area contributed by atoms with Gasteiger partial charge < -0.3 is 24.8 Å². The number of allylic oxidation sites excluding steroid dienone is 5. The maximum atomic E-state index is 6.86. The van der Waals surface area contributed by atoms with Crippen molar-refractivity contribution >= 4 is 8.32 Å². The van der Waals surface area contributed by atoms with E-state index in [1.807, 2.05) is 0 Å². The van der Waals surface area contributed by atoms with Crippen LogP contribution in [0.4, 0.5) is 0 Å². The van der Waals surface area contributed by atoms with Crippen molar-refractivity contribution in [3.05, 3.63) is 45.4 Å². The van der Waals surface area contributed by atoms with Crippen molar-refractivity contribution in [3.63, 3.8) is 0 Å². The van der Waals surface area contributed by atoms with Crippen LogP contribution in [0.3, 0.4) is 0 Å². The molecule has 1 atom stereocenters. The van der Waals surface area contributed by atoms with E-state index in [1.165, 1.54) is 15.0 Å². The Morgan fingerprint density at radius 2 is 1.78 bits per heavy atom. The zero-order valence-electron chi connectivity index (χ0n) is 15.0. The second-order valence-electron chi connectivity index (χ2n) is 7.65. The third kappa shape index (κ3) is 4.54. The summed E-state index contributed by atoms with van der Waals surface area (Å²) in [5.41, 5.74) is 2.59. The smallest absolute Gasteiger partial charge is 1.00 e. The van der Waals surface area contributed by atoms with E-state index in [4.69, 9.17) is 4.43 Å². The Balaban J connectivity index is 0.00000242. The molecule has 127 valence electrons. The van der Waals surface area contributed by atoms with Crippen LogP contribution in [0, 0.1) is 5.41 Å². The molecule has 0 aromatic heterocycles. The van der Waals surface area contributed by atoms with Gasteiger partial charge in [0.2, 0.25) is 0 Å². The Kier molecular flexibility index (Phi) is 8.36. The Hall–Kier alpha value is 0.431. The monoisotopic (exact) mass is 405 g/mol. The fourth-order valence-corrected chi connectivity index (χ4v) is 5.92. The molecular weight excluding hydrogens is 379 g/mol. The van der Waals surface area contributed by atoms with E-state index >= 15 is 0 Å². The van der Waals surface area contributed by atoms with Gasteiger partial charge in [-0.05, 0) is 0 Å². The van der Waals surface area contributed by atoms with Gasteiger partial charge in [0, 0.05) is 0 Å². The van der Waals surface area contributed by atoms with Crippen LogP contribution < -0.4 is 24.8 Å². The Morgan fingerprint density at radius 1 is 1.17 bits per heavy atom. The van der Waals surface area contributed by atoms with Gasteiger partial charge in [0.05, 0.1) is 0 Å². The fraction of sp³-hybridized carbons (Fsp3) is 0.556. The van der Waals surface area contributed by atoms with Crippen molar-refractivity contribution in [2.45, 2.75) is 58.9 Å². The van der Waals surface area contributed by atoms with Gasteiger partial charge in [-0.15, -0.1) is 0 Å². The third-order valence-corrected chi connectivity index (χ3v) is 6.32. The quantitative estimate of drug-likeness (QED) is 0.561. The van der Waals surface area contributed by atoms with Crippen molar-refractivity contribution in [2.75, 3.05) is 0 Å². The number of rotatable bonds is 4. The van der Waals surface area contributed by atoms with Gasteiger partial charge in [-0.3, -0.25) is 0 Å². The summed E-state index contributed by atoms with van der Waals surface area (Å²) >= 11 is 2.26. The summed E-state index contributed by atoms with van der Waals surface area (Å²) in [6, 6.07) is 0. The molecule has 2 aliphatic rings. The molecule has 0 fully saturated rings. The molecule has 0 aliphatic heterocycles. The molecule has 0 spiro atoms. The third-order valence-electron chi connectivity index (χ3n) is 4.62. The van der Waals surface area contributed by atoms with Gasteiger partial charge in [0.15, 0.2) is 0 Å². The molecule has 2 aliphatic carbocycles. The fourth-order valence-electron chi connectivity index (χ4n) is 3.57. The molecule has 1 unspecified atom stereocenters. The Labute approximate surface area is 167 Å². The SMILES string of the molecule is CC1=CC=CCC1(O[Si](C)(C)C)C(C)(C)C1=[C]([Ti+2])CC=C1.[Cl-].[Cl-]. The van der Waals surface area contributed by atoms with Gasteiger partial charge in [-0.1, -0.05) is 0 Å². The minimum Gasteiger partial charge on any atom is -1.00 e. The average Bonchev–Trinajstić information content (AvgIpc) is 2.77. The Morgan fingerprint density at radius 3 is 2.22 bits per heavy atom. The minimum absolute atomic E-state index is 0. The first-order valence-corrected chi connectivity index (χ1v) is 11.9. The first-order chi connectivity index (χ1) is 9.60. The van der Waals surface area contributed by atoms with Crippen molar-refractivity contribution in [1.29, 1.82) is 0 Å². The molecular formula is C18H27Cl2OSiTi. The topological polar surface area (TPSA) is 9.23 Å². The molecule has 0 amide bonds. The zero-order valence-corrected chi connectivity index (χ0v) is 19.0. The second-order valence-corrected chi connectivity index (χ2v) is 13.0. The summed E-state index contributed by atoms with van der Waals surface area (Å²) < 4.78 is 8.34. The van der Waals surface area contributed by atoms with Crippen LogP contribution in [-0.2, 0) is 24.9 Å². The van der Waals surface area contributed by atoms with E-state index in [0.717, 1.165) is 12.8 Å². The number of hydrogen-bond donors (Lipinski definition) is 0. The Bertz CT molecular complexity index is 556. The molecule has 23 heavy (non-hydrogen) atoms. The van der Waals surface area contributed by atoms with Crippen LogP contribution in [-0.4, -0.2) is 13.9 Å². The molecule has 5 heteroatoms. The van der Waals surface area contributed by atoms with Crippen molar-refractivity contribution in [2.24, 2.45) is 5.41 Å². The van der Waals surface area contributed by atoms with Crippen LogP contribution >= 0.6 is 0 Å². The van der Waals surface area contributed by atoms with Gasteiger partial charge in [0.25, 0.3) is 0 Å². The molecule has 0 saturated heterocycles. The summed E-state index contributed by atoms with van der Waals surface area (Å²) in [4.78, 5) is 0.